The van der Waals surface area contributed by atoms with Gasteiger partial charge in [0.1, 0.15) is 12.1 Å². The minimum Gasteiger partial charge on any atom is -0.480 e. The molecule has 220 valence electrons. The van der Waals surface area contributed by atoms with E-state index < -0.39 is 60.1 Å². The molecule has 0 saturated carbocycles. The van der Waals surface area contributed by atoms with Crippen LogP contribution in [0.1, 0.15) is 32.3 Å². The van der Waals surface area contributed by atoms with Crippen LogP contribution in [0.4, 0.5) is 0 Å². The summed E-state index contributed by atoms with van der Waals surface area (Å²) in [5, 5.41) is 37.3. The molecule has 15 nitrogen and oxygen atoms in total. The second-order valence-corrected chi connectivity index (χ2v) is 9.47. The molecule has 0 aliphatic rings. The molecule has 0 aliphatic heterocycles. The number of aromatic amines is 1. The first-order valence-corrected chi connectivity index (χ1v) is 12.7. The van der Waals surface area contributed by atoms with Crippen molar-refractivity contribution in [2.24, 2.45) is 22.2 Å². The minimum atomic E-state index is -1.64. The lowest BCUT2D eigenvalue weighted by Gasteiger charge is -2.27. The zero-order valence-electron chi connectivity index (χ0n) is 22.3. The van der Waals surface area contributed by atoms with Gasteiger partial charge in [0.15, 0.2) is 12.0 Å². The van der Waals surface area contributed by atoms with E-state index in [4.69, 9.17) is 17.2 Å². The molecule has 1 aromatic carbocycles. The Labute approximate surface area is 230 Å². The molecule has 40 heavy (non-hydrogen) atoms. The number of guanidine groups is 1. The Kier molecular flexibility index (Phi) is 11.8. The predicted octanol–water partition coefficient (Wildman–Crippen LogP) is -2.61. The van der Waals surface area contributed by atoms with E-state index in [1.165, 1.54) is 13.8 Å². The Balaban J connectivity index is 2.22. The maximum Gasteiger partial charge on any atom is 0.328 e. The molecule has 0 spiro atoms. The van der Waals surface area contributed by atoms with Crippen molar-refractivity contribution >= 4 is 40.6 Å². The van der Waals surface area contributed by atoms with Crippen LogP contribution in [0.3, 0.4) is 0 Å². The van der Waals surface area contributed by atoms with Crippen LogP contribution < -0.4 is 33.2 Å². The summed E-state index contributed by atoms with van der Waals surface area (Å²) in [5.74, 6) is -4.08. The highest BCUT2D eigenvalue weighted by Crippen LogP contribution is 2.19. The average molecular weight is 563 g/mol. The Bertz CT molecular complexity index is 1210. The van der Waals surface area contributed by atoms with Gasteiger partial charge in [-0.15, -0.1) is 0 Å². The summed E-state index contributed by atoms with van der Waals surface area (Å²) in [6.45, 7) is 2.72. The van der Waals surface area contributed by atoms with Crippen molar-refractivity contribution in [1.29, 1.82) is 0 Å². The molecule has 3 amide bonds. The summed E-state index contributed by atoms with van der Waals surface area (Å²) in [4.78, 5) is 57.4. The van der Waals surface area contributed by atoms with Gasteiger partial charge in [-0.05, 0) is 38.3 Å². The molecule has 13 N–H and O–H groups in total. The molecule has 0 aliphatic carbocycles. The number of H-pyrrole nitrogens is 1. The number of nitrogens with two attached hydrogens (primary N) is 3. The quantitative estimate of drug-likeness (QED) is 0.0613. The molecule has 1 aromatic heterocycles. The summed E-state index contributed by atoms with van der Waals surface area (Å²) in [6.07, 6.45) is -0.645. The standard InChI is InChI=1S/C25H38N8O7/c1-12(34)19(32-21(36)16(26)7-5-9-29-25(27)28)23(38)31-18(22(37)33-20(13(2)35)24(39)40)10-14-11-30-17-8-4-3-6-15(14)17/h3-4,6,8,11-13,16,18-20,30,34-35H,5,7,9-10,26H2,1-2H3,(H,31,38)(H,32,36)(H,33,37)(H,39,40)(H4,27,28,29). The molecule has 0 fully saturated rings. The number of benzene rings is 1. The van der Waals surface area contributed by atoms with Gasteiger partial charge in [-0.2, -0.15) is 0 Å². The van der Waals surface area contributed by atoms with Crippen LogP contribution in [0.2, 0.25) is 0 Å². The molecule has 0 radical (unpaired) electrons. The number of hydrogen-bond donors (Lipinski definition) is 10. The molecule has 2 rings (SSSR count). The number of rotatable bonds is 15. The van der Waals surface area contributed by atoms with E-state index >= 15 is 0 Å². The zero-order valence-corrected chi connectivity index (χ0v) is 22.3. The van der Waals surface area contributed by atoms with E-state index in [0.29, 0.717) is 12.0 Å². The largest absolute Gasteiger partial charge is 0.480 e. The highest BCUT2D eigenvalue weighted by Gasteiger charge is 2.34. The molecule has 6 atom stereocenters. The van der Waals surface area contributed by atoms with Crippen LogP contribution in [0.15, 0.2) is 35.5 Å². The fraction of sp³-hybridized carbons (Fsp3) is 0.480. The van der Waals surface area contributed by atoms with E-state index in [0.717, 1.165) is 10.9 Å². The lowest BCUT2D eigenvalue weighted by Crippen LogP contribution is -2.60. The topological polar surface area (TPSA) is 271 Å². The zero-order chi connectivity index (χ0) is 30.0. The maximum atomic E-state index is 13.2. The van der Waals surface area contributed by atoms with Gasteiger partial charge in [0.05, 0.1) is 18.2 Å². The van der Waals surface area contributed by atoms with E-state index in [9.17, 15) is 34.5 Å². The van der Waals surface area contributed by atoms with Crippen molar-refractivity contribution in [1.82, 2.24) is 20.9 Å². The second-order valence-electron chi connectivity index (χ2n) is 9.47. The summed E-state index contributed by atoms with van der Waals surface area (Å²) in [6, 6.07) is 1.74. The number of carbonyl (C=O) groups excluding carboxylic acids is 3. The van der Waals surface area contributed by atoms with E-state index in [-0.39, 0.29) is 25.3 Å². The number of amides is 3. The normalized spacial score (nSPS) is 15.6. The molecule has 0 saturated heterocycles. The summed E-state index contributed by atoms with van der Waals surface area (Å²) in [7, 11) is 0. The van der Waals surface area contributed by atoms with Crippen molar-refractivity contribution < 1.29 is 34.5 Å². The van der Waals surface area contributed by atoms with Crippen molar-refractivity contribution in [3.63, 3.8) is 0 Å². The maximum absolute atomic E-state index is 13.2. The highest BCUT2D eigenvalue weighted by atomic mass is 16.4. The van der Waals surface area contributed by atoms with Crippen molar-refractivity contribution in [2.45, 2.75) is 69.5 Å². The molecule has 6 unspecified atom stereocenters. The van der Waals surface area contributed by atoms with Gasteiger partial charge in [-0.25, -0.2) is 4.79 Å². The number of carboxylic acid groups (broad SMARTS) is 1. The number of carbonyl (C=O) groups is 4. The smallest absolute Gasteiger partial charge is 0.328 e. The number of aliphatic hydroxyl groups is 2. The third kappa shape index (κ3) is 9.21. The van der Waals surface area contributed by atoms with Gasteiger partial charge in [0.2, 0.25) is 17.7 Å². The number of aliphatic imine (C=N–C) groups is 1. The third-order valence-electron chi connectivity index (χ3n) is 6.15. The predicted molar refractivity (Wildman–Crippen MR) is 147 cm³/mol. The van der Waals surface area contributed by atoms with Crippen LogP contribution in [-0.4, -0.2) is 92.9 Å². The number of fused-ring (bicyclic) bond motifs is 1. The molecular formula is C25H38N8O7. The number of para-hydroxylation sites is 1. The fourth-order valence-corrected chi connectivity index (χ4v) is 3.95. The number of aromatic nitrogens is 1. The lowest BCUT2D eigenvalue weighted by molar-refractivity contribution is -0.145. The highest BCUT2D eigenvalue weighted by molar-refractivity contribution is 5.95. The van der Waals surface area contributed by atoms with Gasteiger partial charge in [0, 0.05) is 30.1 Å². The first-order valence-electron chi connectivity index (χ1n) is 12.7. The Morgan fingerprint density at radius 2 is 1.57 bits per heavy atom. The lowest BCUT2D eigenvalue weighted by atomic mass is 10.0. The number of nitrogens with zero attached hydrogens (tertiary/aromatic N) is 1. The van der Waals surface area contributed by atoms with Gasteiger partial charge in [-0.1, -0.05) is 18.2 Å². The summed E-state index contributed by atoms with van der Waals surface area (Å²) in [5.41, 5.74) is 17.8. The summed E-state index contributed by atoms with van der Waals surface area (Å²) >= 11 is 0. The molecule has 1 heterocycles. The number of aliphatic carboxylic acids is 1. The number of carboxylic acids is 1. The second kappa shape index (κ2) is 14.8. The first-order chi connectivity index (χ1) is 18.8. The van der Waals surface area contributed by atoms with Gasteiger partial charge >= 0.3 is 5.97 Å². The number of nitrogens with one attached hydrogen (secondary N) is 4. The van der Waals surface area contributed by atoms with E-state index in [1.54, 1.807) is 18.3 Å². The van der Waals surface area contributed by atoms with Gasteiger partial charge < -0.3 is 53.5 Å². The Morgan fingerprint density at radius 3 is 2.17 bits per heavy atom. The van der Waals surface area contributed by atoms with Crippen molar-refractivity contribution in [3.8, 4) is 0 Å². The van der Waals surface area contributed by atoms with Gasteiger partial charge in [0.25, 0.3) is 0 Å². The van der Waals surface area contributed by atoms with Crippen LogP contribution in [0, 0.1) is 0 Å². The van der Waals surface area contributed by atoms with Crippen LogP contribution in [0.5, 0.6) is 0 Å². The Morgan fingerprint density at radius 1 is 0.950 bits per heavy atom. The summed E-state index contributed by atoms with van der Waals surface area (Å²) < 4.78 is 0. The van der Waals surface area contributed by atoms with Crippen molar-refractivity contribution in [2.75, 3.05) is 6.54 Å². The first kappa shape index (κ1) is 32.0. The number of aliphatic hydroxyl groups excluding tert-OH is 2. The van der Waals surface area contributed by atoms with Crippen molar-refractivity contribution in [3.05, 3.63) is 36.0 Å². The molecule has 2 aromatic rings. The molecular weight excluding hydrogens is 524 g/mol. The number of hydrogen-bond acceptors (Lipinski definition) is 8. The van der Waals surface area contributed by atoms with Crippen LogP contribution >= 0.6 is 0 Å². The van der Waals surface area contributed by atoms with E-state index in [2.05, 4.69) is 25.9 Å². The molecule has 15 heteroatoms. The third-order valence-corrected chi connectivity index (χ3v) is 6.15. The SMILES string of the molecule is CC(O)C(NC(=O)C(Cc1c[nH]c2ccccc12)NC(=O)C(NC(=O)C(N)CCCN=C(N)N)C(C)O)C(=O)O. The van der Waals surface area contributed by atoms with Crippen LogP contribution in [-0.2, 0) is 25.6 Å². The monoisotopic (exact) mass is 562 g/mol. The average Bonchev–Trinajstić information content (AvgIpc) is 3.29. The molecule has 0 bridgehead atoms. The van der Waals surface area contributed by atoms with Gasteiger partial charge in [-0.3, -0.25) is 19.4 Å². The Hall–Kier alpha value is -4.21. The fourth-order valence-electron chi connectivity index (χ4n) is 3.95. The minimum absolute atomic E-state index is 0.0709. The van der Waals surface area contributed by atoms with E-state index in [1.807, 2.05) is 12.1 Å². The van der Waals surface area contributed by atoms with Crippen LogP contribution in [0.25, 0.3) is 10.9 Å².